The molecule has 0 saturated carbocycles. The Hall–Kier alpha value is 0.250. The predicted molar refractivity (Wildman–Crippen MR) is 59.3 cm³/mol. The number of halogens is 1. The van der Waals surface area contributed by atoms with Crippen LogP contribution in [0.2, 0.25) is 0 Å². The minimum absolute atomic E-state index is 0.335. The van der Waals surface area contributed by atoms with Crippen LogP contribution in [0.5, 0.6) is 0 Å². The lowest BCUT2D eigenvalue weighted by atomic mass is 9.83. The molecule has 0 aromatic carbocycles. The van der Waals surface area contributed by atoms with Crippen LogP contribution in [0.1, 0.15) is 52.4 Å². The second-order valence-electron chi connectivity index (χ2n) is 4.49. The van der Waals surface area contributed by atoms with E-state index in [9.17, 15) is 0 Å². The number of alkyl halides is 1. The Morgan fingerprint density at radius 1 is 1.00 bits per heavy atom. The van der Waals surface area contributed by atoms with Gasteiger partial charge in [-0.05, 0) is 31.1 Å². The highest BCUT2D eigenvalue weighted by molar-refractivity contribution is 6.17. The van der Waals surface area contributed by atoms with Crippen LogP contribution < -0.4 is 0 Å². The average Bonchev–Trinajstić information content (AvgIpc) is 2.09. The fraction of sp³-hybridized carbons (Fsp3) is 1.00. The molecule has 80 valence electrons. The molecule has 0 fully saturated rings. The standard InChI is InChI=1S/C11H23ClO/c1-11(2,8-6-9-12)7-4-3-5-10-13/h13H,3-10H2,1-2H3. The molecule has 0 aliphatic heterocycles. The molecule has 0 atom stereocenters. The van der Waals surface area contributed by atoms with Gasteiger partial charge in [-0.25, -0.2) is 0 Å². The van der Waals surface area contributed by atoms with Crippen molar-refractivity contribution in [2.75, 3.05) is 12.5 Å². The molecule has 0 heterocycles. The first-order chi connectivity index (χ1) is 6.12. The van der Waals surface area contributed by atoms with Crippen LogP contribution in [0.3, 0.4) is 0 Å². The van der Waals surface area contributed by atoms with Gasteiger partial charge in [0.05, 0.1) is 0 Å². The normalized spacial score (nSPS) is 12.0. The molecular formula is C11H23ClO. The zero-order valence-corrected chi connectivity index (χ0v) is 9.74. The molecule has 0 spiro atoms. The fourth-order valence-electron chi connectivity index (χ4n) is 1.56. The molecule has 0 amide bonds. The lowest BCUT2D eigenvalue weighted by molar-refractivity contribution is 0.263. The van der Waals surface area contributed by atoms with Gasteiger partial charge in [-0.2, -0.15) is 0 Å². The summed E-state index contributed by atoms with van der Waals surface area (Å²) in [7, 11) is 0. The van der Waals surface area contributed by atoms with E-state index in [1.165, 1.54) is 19.3 Å². The Morgan fingerprint density at radius 2 is 1.62 bits per heavy atom. The van der Waals surface area contributed by atoms with E-state index in [-0.39, 0.29) is 0 Å². The maximum Gasteiger partial charge on any atom is 0.0431 e. The van der Waals surface area contributed by atoms with Crippen LogP contribution in [-0.4, -0.2) is 17.6 Å². The van der Waals surface area contributed by atoms with Crippen LogP contribution in [0.15, 0.2) is 0 Å². The summed E-state index contributed by atoms with van der Waals surface area (Å²) >= 11 is 5.66. The Kier molecular flexibility index (Phi) is 7.78. The largest absolute Gasteiger partial charge is 0.396 e. The van der Waals surface area contributed by atoms with Crippen molar-refractivity contribution < 1.29 is 5.11 Å². The second-order valence-corrected chi connectivity index (χ2v) is 4.87. The zero-order chi connectivity index (χ0) is 10.2. The van der Waals surface area contributed by atoms with Crippen LogP contribution in [0.25, 0.3) is 0 Å². The van der Waals surface area contributed by atoms with E-state index in [4.69, 9.17) is 16.7 Å². The van der Waals surface area contributed by atoms with E-state index in [1.54, 1.807) is 0 Å². The number of hydrogen-bond acceptors (Lipinski definition) is 1. The van der Waals surface area contributed by atoms with Gasteiger partial charge in [-0.15, -0.1) is 11.6 Å². The number of unbranched alkanes of at least 4 members (excludes halogenated alkanes) is 2. The molecule has 1 nitrogen and oxygen atoms in total. The lowest BCUT2D eigenvalue weighted by Gasteiger charge is -2.24. The number of aliphatic hydroxyl groups is 1. The molecule has 1 N–H and O–H groups in total. The van der Waals surface area contributed by atoms with Crippen molar-refractivity contribution in [1.29, 1.82) is 0 Å². The zero-order valence-electron chi connectivity index (χ0n) is 8.98. The van der Waals surface area contributed by atoms with Crippen molar-refractivity contribution in [3.63, 3.8) is 0 Å². The molecule has 2 heteroatoms. The molecule has 0 unspecified atom stereocenters. The van der Waals surface area contributed by atoms with E-state index in [2.05, 4.69) is 13.8 Å². The minimum Gasteiger partial charge on any atom is -0.396 e. The SMILES string of the molecule is CC(C)(CCCCl)CCCCCO. The Bertz CT molecular complexity index is 113. The van der Waals surface area contributed by atoms with Crippen molar-refractivity contribution in [1.82, 2.24) is 0 Å². The number of aliphatic hydroxyl groups excluding tert-OH is 1. The number of rotatable bonds is 8. The monoisotopic (exact) mass is 206 g/mol. The first kappa shape index (κ1) is 13.2. The van der Waals surface area contributed by atoms with Gasteiger partial charge in [0.1, 0.15) is 0 Å². The summed E-state index contributed by atoms with van der Waals surface area (Å²) in [5.41, 5.74) is 0.435. The van der Waals surface area contributed by atoms with Crippen LogP contribution in [-0.2, 0) is 0 Å². The Balaban J connectivity index is 3.39. The third kappa shape index (κ3) is 8.58. The number of hydrogen-bond donors (Lipinski definition) is 1. The first-order valence-electron chi connectivity index (χ1n) is 5.29. The molecule has 0 aromatic rings. The molecule has 0 aliphatic carbocycles. The maximum atomic E-state index is 8.62. The van der Waals surface area contributed by atoms with E-state index in [1.807, 2.05) is 0 Å². The van der Waals surface area contributed by atoms with Gasteiger partial charge < -0.3 is 5.11 Å². The summed E-state index contributed by atoms with van der Waals surface area (Å²) in [5, 5.41) is 8.62. The van der Waals surface area contributed by atoms with Crippen LogP contribution in [0.4, 0.5) is 0 Å². The lowest BCUT2D eigenvalue weighted by Crippen LogP contribution is -2.11. The van der Waals surface area contributed by atoms with E-state index in [0.29, 0.717) is 12.0 Å². The van der Waals surface area contributed by atoms with Crippen molar-refractivity contribution in [3.8, 4) is 0 Å². The van der Waals surface area contributed by atoms with Crippen molar-refractivity contribution in [2.45, 2.75) is 52.4 Å². The van der Waals surface area contributed by atoms with E-state index in [0.717, 1.165) is 25.1 Å². The predicted octanol–water partition coefficient (Wildman–Crippen LogP) is 3.58. The Morgan fingerprint density at radius 3 is 2.15 bits per heavy atom. The summed E-state index contributed by atoms with van der Waals surface area (Å²) in [5.74, 6) is 0.778. The van der Waals surface area contributed by atoms with Gasteiger partial charge >= 0.3 is 0 Å². The van der Waals surface area contributed by atoms with Crippen LogP contribution >= 0.6 is 11.6 Å². The molecule has 0 saturated heterocycles. The summed E-state index contributed by atoms with van der Waals surface area (Å²) in [6.45, 7) is 4.94. The summed E-state index contributed by atoms with van der Waals surface area (Å²) in [6, 6.07) is 0. The third-order valence-corrected chi connectivity index (χ3v) is 2.77. The minimum atomic E-state index is 0.335. The molecule has 0 rings (SSSR count). The molecule has 0 bridgehead atoms. The van der Waals surface area contributed by atoms with Crippen molar-refractivity contribution in [2.24, 2.45) is 5.41 Å². The van der Waals surface area contributed by atoms with Gasteiger partial charge in [0.25, 0.3) is 0 Å². The summed E-state index contributed by atoms with van der Waals surface area (Å²) < 4.78 is 0. The van der Waals surface area contributed by atoms with Gasteiger partial charge in [-0.1, -0.05) is 26.7 Å². The highest BCUT2D eigenvalue weighted by Gasteiger charge is 2.15. The van der Waals surface area contributed by atoms with Gasteiger partial charge in [-0.3, -0.25) is 0 Å². The molecular weight excluding hydrogens is 184 g/mol. The van der Waals surface area contributed by atoms with E-state index < -0.39 is 0 Å². The maximum absolute atomic E-state index is 8.62. The van der Waals surface area contributed by atoms with Crippen molar-refractivity contribution >= 4 is 11.6 Å². The third-order valence-electron chi connectivity index (χ3n) is 2.50. The molecule has 0 radical (unpaired) electrons. The summed E-state index contributed by atoms with van der Waals surface area (Å²) in [6.07, 6.45) is 6.93. The van der Waals surface area contributed by atoms with Gasteiger partial charge in [0.15, 0.2) is 0 Å². The highest BCUT2D eigenvalue weighted by Crippen LogP contribution is 2.29. The van der Waals surface area contributed by atoms with Gasteiger partial charge in [0, 0.05) is 12.5 Å². The molecule has 0 aliphatic rings. The topological polar surface area (TPSA) is 20.2 Å². The van der Waals surface area contributed by atoms with E-state index >= 15 is 0 Å². The quantitative estimate of drug-likeness (QED) is 0.476. The molecule has 13 heavy (non-hydrogen) atoms. The average molecular weight is 207 g/mol. The van der Waals surface area contributed by atoms with Gasteiger partial charge in [0.2, 0.25) is 0 Å². The fourth-order valence-corrected chi connectivity index (χ4v) is 1.70. The summed E-state index contributed by atoms with van der Waals surface area (Å²) in [4.78, 5) is 0. The highest BCUT2D eigenvalue weighted by atomic mass is 35.5. The van der Waals surface area contributed by atoms with Crippen LogP contribution in [0, 0.1) is 5.41 Å². The smallest absolute Gasteiger partial charge is 0.0431 e. The first-order valence-corrected chi connectivity index (χ1v) is 5.83. The van der Waals surface area contributed by atoms with Crippen molar-refractivity contribution in [3.05, 3.63) is 0 Å². The molecule has 0 aromatic heterocycles. The second kappa shape index (κ2) is 7.64. The Labute approximate surface area is 87.5 Å².